The lowest BCUT2D eigenvalue weighted by atomic mass is 10.2. The molecule has 9 heteroatoms. The molecule has 3 amide bonds. The van der Waals surface area contributed by atoms with Crippen molar-refractivity contribution in [2.45, 2.75) is 32.3 Å². The van der Waals surface area contributed by atoms with Crippen molar-refractivity contribution < 1.29 is 19.1 Å². The highest BCUT2D eigenvalue weighted by Gasteiger charge is 2.17. The van der Waals surface area contributed by atoms with Gasteiger partial charge in [0.2, 0.25) is 5.91 Å². The van der Waals surface area contributed by atoms with Gasteiger partial charge in [0, 0.05) is 31.3 Å². The number of carbonyl (C=O) groups excluding carboxylic acids is 2. The van der Waals surface area contributed by atoms with E-state index in [9.17, 15) is 9.59 Å². The summed E-state index contributed by atoms with van der Waals surface area (Å²) < 4.78 is 11.7. The molecule has 0 bridgehead atoms. The number of fused-ring (bicyclic) bond motifs is 1. The van der Waals surface area contributed by atoms with Crippen LogP contribution in [0.1, 0.15) is 26.2 Å². The average Bonchev–Trinajstić information content (AvgIpc) is 3.28. The van der Waals surface area contributed by atoms with Crippen LogP contribution < -0.4 is 20.7 Å². The third-order valence-electron chi connectivity index (χ3n) is 4.02. The fourth-order valence-corrected chi connectivity index (χ4v) is 3.61. The highest BCUT2D eigenvalue weighted by molar-refractivity contribution is 7.22. The second-order valence-electron chi connectivity index (χ2n) is 5.92. The Morgan fingerprint density at radius 3 is 2.92 bits per heavy atom. The Bertz CT molecular complexity index is 801. The molecule has 0 spiro atoms. The first-order valence-corrected chi connectivity index (χ1v) is 9.35. The summed E-state index contributed by atoms with van der Waals surface area (Å²) in [4.78, 5) is 28.1. The highest BCUT2D eigenvalue weighted by atomic mass is 32.1. The van der Waals surface area contributed by atoms with Gasteiger partial charge in [-0.25, -0.2) is 9.78 Å². The maximum atomic E-state index is 12.1. The Morgan fingerprint density at radius 1 is 1.38 bits per heavy atom. The van der Waals surface area contributed by atoms with Crippen LogP contribution in [0.3, 0.4) is 0 Å². The molecule has 0 aliphatic carbocycles. The van der Waals surface area contributed by atoms with E-state index in [1.807, 2.05) is 6.07 Å². The van der Waals surface area contributed by atoms with E-state index in [2.05, 4.69) is 20.9 Å². The molecule has 1 aromatic heterocycles. The number of carbonyl (C=O) groups is 2. The van der Waals surface area contributed by atoms with E-state index in [0.29, 0.717) is 35.1 Å². The molecule has 1 aromatic carbocycles. The molecule has 2 heterocycles. The predicted octanol–water partition coefficient (Wildman–Crippen LogP) is 2.95. The topological polar surface area (TPSA) is 102 Å². The Kier molecular flexibility index (Phi) is 5.89. The number of nitrogens with zero attached hydrogens (tertiary/aromatic N) is 1. The average molecular weight is 378 g/mol. The summed E-state index contributed by atoms with van der Waals surface area (Å²) in [6.07, 6.45) is 2.46. The maximum Gasteiger partial charge on any atom is 0.319 e. The van der Waals surface area contributed by atoms with E-state index >= 15 is 0 Å². The summed E-state index contributed by atoms with van der Waals surface area (Å²) in [5.41, 5.74) is 1.24. The lowest BCUT2D eigenvalue weighted by Crippen LogP contribution is -2.35. The number of rotatable bonds is 6. The van der Waals surface area contributed by atoms with Gasteiger partial charge in [-0.3, -0.25) is 4.79 Å². The van der Waals surface area contributed by atoms with Gasteiger partial charge in [-0.05, 0) is 18.9 Å². The van der Waals surface area contributed by atoms with Gasteiger partial charge >= 0.3 is 6.03 Å². The minimum atomic E-state index is -0.300. The van der Waals surface area contributed by atoms with Crippen LogP contribution in [0.15, 0.2) is 12.1 Å². The Labute approximate surface area is 155 Å². The van der Waals surface area contributed by atoms with Gasteiger partial charge < -0.3 is 25.4 Å². The van der Waals surface area contributed by atoms with Crippen LogP contribution in [0, 0.1) is 0 Å². The molecule has 140 valence electrons. The molecular weight excluding hydrogens is 356 g/mol. The van der Waals surface area contributed by atoms with Crippen molar-refractivity contribution in [2.24, 2.45) is 0 Å². The van der Waals surface area contributed by atoms with Crippen molar-refractivity contribution in [2.75, 3.05) is 30.9 Å². The van der Waals surface area contributed by atoms with Crippen LogP contribution in [0.25, 0.3) is 10.2 Å². The number of ether oxygens (including phenoxy) is 2. The number of anilines is 2. The smallest absolute Gasteiger partial charge is 0.319 e. The molecule has 1 fully saturated rings. The van der Waals surface area contributed by atoms with Crippen molar-refractivity contribution in [1.82, 2.24) is 10.3 Å². The van der Waals surface area contributed by atoms with E-state index < -0.39 is 0 Å². The third kappa shape index (κ3) is 4.41. The number of nitrogens with one attached hydrogen (secondary N) is 3. The third-order valence-corrected chi connectivity index (χ3v) is 4.94. The lowest BCUT2D eigenvalue weighted by Gasteiger charge is -2.12. The maximum absolute atomic E-state index is 12.1. The molecule has 1 atom stereocenters. The minimum absolute atomic E-state index is 0.0870. The van der Waals surface area contributed by atoms with E-state index in [0.717, 1.165) is 24.1 Å². The SMILES string of the molecule is CCC(=O)Nc1nc2c(OC)cc(NC(=O)NC[C@H]3CCCO3)cc2s1. The summed E-state index contributed by atoms with van der Waals surface area (Å²) in [6, 6.07) is 3.22. The first-order valence-electron chi connectivity index (χ1n) is 8.54. The molecule has 0 radical (unpaired) electrons. The monoisotopic (exact) mass is 378 g/mol. The Morgan fingerprint density at radius 2 is 2.23 bits per heavy atom. The Hall–Kier alpha value is -2.39. The quantitative estimate of drug-likeness (QED) is 0.717. The highest BCUT2D eigenvalue weighted by Crippen LogP contribution is 2.35. The van der Waals surface area contributed by atoms with E-state index in [1.165, 1.54) is 11.3 Å². The first-order chi connectivity index (χ1) is 12.6. The summed E-state index contributed by atoms with van der Waals surface area (Å²) in [5, 5.41) is 8.86. The van der Waals surface area contributed by atoms with Crippen LogP contribution in [-0.2, 0) is 9.53 Å². The number of methoxy groups -OCH3 is 1. The van der Waals surface area contributed by atoms with Crippen molar-refractivity contribution in [3.8, 4) is 5.75 Å². The van der Waals surface area contributed by atoms with Crippen molar-refractivity contribution in [3.63, 3.8) is 0 Å². The van der Waals surface area contributed by atoms with Crippen LogP contribution in [-0.4, -0.2) is 43.3 Å². The predicted molar refractivity (Wildman–Crippen MR) is 101 cm³/mol. The summed E-state index contributed by atoms with van der Waals surface area (Å²) >= 11 is 1.33. The van der Waals surface area contributed by atoms with E-state index in [4.69, 9.17) is 9.47 Å². The molecule has 8 nitrogen and oxygen atoms in total. The summed E-state index contributed by atoms with van der Waals surface area (Å²) in [6.45, 7) is 3.02. The van der Waals surface area contributed by atoms with Crippen molar-refractivity contribution in [1.29, 1.82) is 0 Å². The normalized spacial score (nSPS) is 16.5. The van der Waals surface area contributed by atoms with Gasteiger partial charge in [0.15, 0.2) is 5.13 Å². The fraction of sp³-hybridized carbons (Fsp3) is 0.471. The number of urea groups is 1. The molecule has 1 saturated heterocycles. The second kappa shape index (κ2) is 8.33. The number of hydrogen-bond acceptors (Lipinski definition) is 6. The van der Waals surface area contributed by atoms with Gasteiger partial charge in [0.05, 0.1) is 17.9 Å². The molecule has 1 aliphatic heterocycles. The number of benzene rings is 1. The van der Waals surface area contributed by atoms with Crippen LogP contribution in [0.5, 0.6) is 5.75 Å². The second-order valence-corrected chi connectivity index (χ2v) is 6.95. The number of amides is 3. The van der Waals surface area contributed by atoms with Gasteiger partial charge in [0.1, 0.15) is 11.3 Å². The largest absolute Gasteiger partial charge is 0.494 e. The zero-order valence-electron chi connectivity index (χ0n) is 14.8. The summed E-state index contributed by atoms with van der Waals surface area (Å²) in [7, 11) is 1.54. The van der Waals surface area contributed by atoms with Crippen LogP contribution >= 0.6 is 11.3 Å². The van der Waals surface area contributed by atoms with Crippen LogP contribution in [0.4, 0.5) is 15.6 Å². The van der Waals surface area contributed by atoms with Crippen molar-refractivity contribution >= 4 is 44.3 Å². The molecule has 3 rings (SSSR count). The van der Waals surface area contributed by atoms with Crippen LogP contribution in [0.2, 0.25) is 0 Å². The number of hydrogen-bond donors (Lipinski definition) is 3. The molecular formula is C17H22N4O4S. The summed E-state index contributed by atoms with van der Waals surface area (Å²) in [5.74, 6) is 0.431. The first kappa shape index (κ1) is 18.4. The van der Waals surface area contributed by atoms with Gasteiger partial charge in [-0.15, -0.1) is 0 Å². The zero-order chi connectivity index (χ0) is 18.5. The van der Waals surface area contributed by atoms with Gasteiger partial charge in [-0.2, -0.15) is 0 Å². The van der Waals surface area contributed by atoms with E-state index in [1.54, 1.807) is 20.1 Å². The Balaban J connectivity index is 1.71. The minimum Gasteiger partial charge on any atom is -0.494 e. The van der Waals surface area contributed by atoms with Crippen molar-refractivity contribution in [3.05, 3.63) is 12.1 Å². The number of aromatic nitrogens is 1. The fourth-order valence-electron chi connectivity index (χ4n) is 2.67. The molecule has 26 heavy (non-hydrogen) atoms. The molecule has 3 N–H and O–H groups in total. The zero-order valence-corrected chi connectivity index (χ0v) is 15.6. The van der Waals surface area contributed by atoms with Gasteiger partial charge in [0.25, 0.3) is 0 Å². The van der Waals surface area contributed by atoms with E-state index in [-0.39, 0.29) is 18.0 Å². The lowest BCUT2D eigenvalue weighted by molar-refractivity contribution is -0.115. The molecule has 0 saturated carbocycles. The van der Waals surface area contributed by atoms with Gasteiger partial charge in [-0.1, -0.05) is 18.3 Å². The molecule has 1 aliphatic rings. The standard InChI is InChI=1S/C17H22N4O4S/c1-3-14(22)20-17-21-15-12(24-2)7-10(8-13(15)26-17)19-16(23)18-9-11-5-4-6-25-11/h7-8,11H,3-6,9H2,1-2H3,(H2,18,19,23)(H,20,21,22)/t11-/m1/s1. The molecule has 2 aromatic rings. The number of thiazole rings is 1. The molecule has 0 unspecified atom stereocenters.